The number of carbonyl (C=O) groups excluding carboxylic acids is 1. The van der Waals surface area contributed by atoms with Crippen LogP contribution in [0, 0.1) is 6.92 Å². The predicted octanol–water partition coefficient (Wildman–Crippen LogP) is 3.65. The van der Waals surface area contributed by atoms with Gasteiger partial charge in [0.2, 0.25) is 0 Å². The van der Waals surface area contributed by atoms with Crippen molar-refractivity contribution >= 4 is 39.7 Å². The lowest BCUT2D eigenvalue weighted by atomic mass is 10.2. The van der Waals surface area contributed by atoms with Crippen LogP contribution in [0.2, 0.25) is 5.02 Å². The lowest BCUT2D eigenvalue weighted by molar-refractivity contribution is -0.123. The first kappa shape index (κ1) is 19.1. The van der Waals surface area contributed by atoms with E-state index < -0.39 is 5.91 Å². The van der Waals surface area contributed by atoms with Gasteiger partial charge in [-0.15, -0.1) is 0 Å². The Morgan fingerprint density at radius 1 is 1.40 bits per heavy atom. The maximum atomic E-state index is 11.8. The topological polar surface area (TPSA) is 80.2 Å². The van der Waals surface area contributed by atoms with E-state index in [2.05, 4.69) is 26.5 Å². The number of halogens is 2. The van der Waals surface area contributed by atoms with E-state index in [9.17, 15) is 9.90 Å². The van der Waals surface area contributed by atoms with Crippen molar-refractivity contribution in [2.75, 3.05) is 13.7 Å². The van der Waals surface area contributed by atoms with E-state index in [0.717, 1.165) is 5.56 Å². The first-order valence-corrected chi connectivity index (χ1v) is 8.35. The summed E-state index contributed by atoms with van der Waals surface area (Å²) in [7, 11) is 1.44. The van der Waals surface area contributed by atoms with Crippen molar-refractivity contribution in [3.8, 4) is 17.2 Å². The van der Waals surface area contributed by atoms with Crippen LogP contribution in [0.4, 0.5) is 0 Å². The molecule has 0 heterocycles. The van der Waals surface area contributed by atoms with Crippen LogP contribution in [0.3, 0.4) is 0 Å². The minimum atomic E-state index is -0.440. The van der Waals surface area contributed by atoms with Crippen LogP contribution in [-0.2, 0) is 4.79 Å². The number of benzene rings is 2. The predicted molar refractivity (Wildman–Crippen MR) is 99.8 cm³/mol. The number of hydrogen-bond acceptors (Lipinski definition) is 5. The van der Waals surface area contributed by atoms with Crippen LogP contribution in [0.15, 0.2) is 39.9 Å². The van der Waals surface area contributed by atoms with Gasteiger partial charge in [0.15, 0.2) is 18.1 Å². The third kappa shape index (κ3) is 5.37. The van der Waals surface area contributed by atoms with Crippen LogP contribution in [-0.4, -0.2) is 30.9 Å². The summed E-state index contributed by atoms with van der Waals surface area (Å²) in [6, 6.07) is 8.38. The normalized spacial score (nSPS) is 10.7. The molecule has 0 saturated heterocycles. The van der Waals surface area contributed by atoms with Crippen molar-refractivity contribution < 1.29 is 19.4 Å². The second kappa shape index (κ2) is 8.73. The number of amides is 1. The van der Waals surface area contributed by atoms with Crippen molar-refractivity contribution in [2.24, 2.45) is 5.10 Å². The first-order chi connectivity index (χ1) is 11.9. The molecule has 0 aliphatic rings. The number of nitrogens with one attached hydrogen (secondary N) is 1. The van der Waals surface area contributed by atoms with E-state index >= 15 is 0 Å². The van der Waals surface area contributed by atoms with Gasteiger partial charge in [-0.1, -0.05) is 27.5 Å². The van der Waals surface area contributed by atoms with Crippen LogP contribution in [0.25, 0.3) is 0 Å². The molecule has 0 fully saturated rings. The first-order valence-electron chi connectivity index (χ1n) is 7.18. The van der Waals surface area contributed by atoms with Crippen molar-refractivity contribution in [2.45, 2.75) is 6.92 Å². The number of phenols is 1. The number of carbonyl (C=O) groups is 1. The molecule has 0 radical (unpaired) electrons. The van der Waals surface area contributed by atoms with E-state index in [1.54, 1.807) is 30.3 Å². The standard InChI is InChI=1S/C17H16BrClN2O4/c1-10-5-13(3-4-14(10)19)25-9-16(22)21-20-8-11-6-12(18)7-15(24-2)17(11)23/h3-8,23H,9H2,1-2H3,(H,21,22)/b20-8-. The summed E-state index contributed by atoms with van der Waals surface area (Å²) in [6.07, 6.45) is 1.31. The van der Waals surface area contributed by atoms with Gasteiger partial charge in [0.1, 0.15) is 5.75 Å². The molecule has 0 unspecified atom stereocenters. The van der Waals surface area contributed by atoms with Crippen LogP contribution < -0.4 is 14.9 Å². The fraction of sp³-hybridized carbons (Fsp3) is 0.176. The highest BCUT2D eigenvalue weighted by atomic mass is 79.9. The van der Waals surface area contributed by atoms with Gasteiger partial charge in [-0.25, -0.2) is 5.43 Å². The van der Waals surface area contributed by atoms with E-state index in [4.69, 9.17) is 21.1 Å². The molecule has 0 spiro atoms. The van der Waals surface area contributed by atoms with E-state index in [1.807, 2.05) is 6.92 Å². The summed E-state index contributed by atoms with van der Waals surface area (Å²) >= 11 is 9.23. The number of methoxy groups -OCH3 is 1. The fourth-order valence-electron chi connectivity index (χ4n) is 1.91. The molecule has 2 aromatic rings. The van der Waals surface area contributed by atoms with E-state index in [-0.39, 0.29) is 12.4 Å². The molecule has 0 aromatic heterocycles. The molecule has 0 atom stereocenters. The zero-order valence-electron chi connectivity index (χ0n) is 13.5. The summed E-state index contributed by atoms with van der Waals surface area (Å²) in [5.74, 6) is 0.320. The number of ether oxygens (including phenoxy) is 2. The number of nitrogens with zero attached hydrogens (tertiary/aromatic N) is 1. The van der Waals surface area contributed by atoms with E-state index in [0.29, 0.717) is 26.6 Å². The Balaban J connectivity index is 1.92. The Labute approximate surface area is 158 Å². The zero-order chi connectivity index (χ0) is 18.4. The summed E-state index contributed by atoms with van der Waals surface area (Å²) < 4.78 is 11.1. The highest BCUT2D eigenvalue weighted by Crippen LogP contribution is 2.32. The Morgan fingerprint density at radius 2 is 2.16 bits per heavy atom. The van der Waals surface area contributed by atoms with Crippen LogP contribution in [0.1, 0.15) is 11.1 Å². The third-order valence-corrected chi connectivity index (χ3v) is 4.06. The van der Waals surface area contributed by atoms with Gasteiger partial charge in [-0.2, -0.15) is 5.10 Å². The minimum absolute atomic E-state index is 0.0726. The number of aromatic hydroxyl groups is 1. The van der Waals surface area contributed by atoms with Crippen LogP contribution >= 0.6 is 27.5 Å². The molecule has 1 amide bonds. The molecule has 0 aliphatic heterocycles. The summed E-state index contributed by atoms with van der Waals surface area (Å²) in [4.78, 5) is 11.8. The monoisotopic (exact) mass is 426 g/mol. The van der Waals surface area contributed by atoms with Gasteiger partial charge in [-0.05, 0) is 42.8 Å². The van der Waals surface area contributed by atoms with Crippen LogP contribution in [0.5, 0.6) is 17.2 Å². The number of aryl methyl sites for hydroxylation is 1. The highest BCUT2D eigenvalue weighted by Gasteiger charge is 2.08. The van der Waals surface area contributed by atoms with Gasteiger partial charge >= 0.3 is 0 Å². The van der Waals surface area contributed by atoms with Crippen molar-refractivity contribution in [1.29, 1.82) is 0 Å². The molecule has 0 aliphatic carbocycles. The molecular weight excluding hydrogens is 412 g/mol. The molecule has 0 saturated carbocycles. The molecule has 8 heteroatoms. The summed E-state index contributed by atoms with van der Waals surface area (Å²) in [5, 5.41) is 14.4. The Morgan fingerprint density at radius 3 is 2.84 bits per heavy atom. The maximum Gasteiger partial charge on any atom is 0.277 e. The van der Waals surface area contributed by atoms with Gasteiger partial charge < -0.3 is 14.6 Å². The molecule has 2 N–H and O–H groups in total. The van der Waals surface area contributed by atoms with Gasteiger partial charge in [0.25, 0.3) is 5.91 Å². The van der Waals surface area contributed by atoms with Gasteiger partial charge in [0, 0.05) is 15.1 Å². The third-order valence-electron chi connectivity index (χ3n) is 3.18. The van der Waals surface area contributed by atoms with Gasteiger partial charge in [-0.3, -0.25) is 4.79 Å². The molecule has 2 rings (SSSR count). The lowest BCUT2D eigenvalue weighted by Crippen LogP contribution is -2.24. The SMILES string of the molecule is COc1cc(Br)cc(/C=N\NC(=O)COc2ccc(Cl)c(C)c2)c1O. The minimum Gasteiger partial charge on any atom is -0.504 e. The molecule has 132 valence electrons. The number of phenolic OH excluding ortho intramolecular Hbond substituents is 1. The molecule has 2 aromatic carbocycles. The van der Waals surface area contributed by atoms with E-state index in [1.165, 1.54) is 13.3 Å². The Kier molecular flexibility index (Phi) is 6.66. The number of hydrazone groups is 1. The molecule has 25 heavy (non-hydrogen) atoms. The summed E-state index contributed by atoms with van der Waals surface area (Å²) in [6.45, 7) is 1.64. The molecule has 6 nitrogen and oxygen atoms in total. The molecule has 0 bridgehead atoms. The number of rotatable bonds is 6. The van der Waals surface area contributed by atoms with Crippen molar-refractivity contribution in [3.63, 3.8) is 0 Å². The average Bonchev–Trinajstić information content (AvgIpc) is 2.58. The largest absolute Gasteiger partial charge is 0.504 e. The second-order valence-corrected chi connectivity index (χ2v) is 6.36. The smallest absolute Gasteiger partial charge is 0.277 e. The second-order valence-electron chi connectivity index (χ2n) is 5.04. The van der Waals surface area contributed by atoms with Gasteiger partial charge in [0.05, 0.1) is 13.3 Å². The number of hydrogen-bond donors (Lipinski definition) is 2. The van der Waals surface area contributed by atoms with Crippen molar-refractivity contribution in [1.82, 2.24) is 5.43 Å². The highest BCUT2D eigenvalue weighted by molar-refractivity contribution is 9.10. The van der Waals surface area contributed by atoms with Crippen molar-refractivity contribution in [3.05, 3.63) is 51.0 Å². The Bertz CT molecular complexity index is 811. The molecular formula is C17H16BrClN2O4. The fourth-order valence-corrected chi connectivity index (χ4v) is 2.48. The zero-order valence-corrected chi connectivity index (χ0v) is 15.9. The Hall–Kier alpha value is -2.25. The lowest BCUT2D eigenvalue weighted by Gasteiger charge is -2.07. The summed E-state index contributed by atoms with van der Waals surface area (Å²) in [5.41, 5.74) is 3.57. The quantitative estimate of drug-likeness (QED) is 0.545. The average molecular weight is 428 g/mol. The maximum absolute atomic E-state index is 11.8.